The standard InChI is InChI=1S/C24H24N4O5S/c1-13-3-5-15(6-4-13)18-11-19(16-7-9-17(29)10-8-16)28(27-18)24-26-22(31)20(34-24)12-21(30)25-14(2)23(32)33/h3-10,14,19-20,29H,11-12H2,1-2H3,(H,25,30)(H,32,33)/t14-,19-,20+/m1/s1. The minimum absolute atomic E-state index is 0.150. The number of phenolic OH excluding ortho intramolecular Hbond substituents is 1. The second kappa shape index (κ2) is 9.68. The Labute approximate surface area is 200 Å². The molecule has 4 rings (SSSR count). The molecule has 2 aromatic carbocycles. The predicted molar refractivity (Wildman–Crippen MR) is 129 cm³/mol. The molecule has 2 aliphatic rings. The molecule has 0 bridgehead atoms. The second-order valence-corrected chi connectivity index (χ2v) is 9.41. The average Bonchev–Trinajstić information content (AvgIpc) is 3.39. The number of hydrazone groups is 1. The number of phenols is 1. The van der Waals surface area contributed by atoms with Gasteiger partial charge in [0.15, 0.2) is 5.17 Å². The van der Waals surface area contributed by atoms with Crippen LogP contribution in [0.5, 0.6) is 5.75 Å². The first-order chi connectivity index (χ1) is 16.2. The van der Waals surface area contributed by atoms with Crippen LogP contribution in [0.2, 0.25) is 0 Å². The van der Waals surface area contributed by atoms with Gasteiger partial charge in [-0.3, -0.25) is 14.4 Å². The number of amidine groups is 1. The summed E-state index contributed by atoms with van der Waals surface area (Å²) in [5.74, 6) is -1.99. The van der Waals surface area contributed by atoms with Gasteiger partial charge in [-0.1, -0.05) is 53.7 Å². The number of benzene rings is 2. The van der Waals surface area contributed by atoms with Crippen molar-refractivity contribution < 1.29 is 24.6 Å². The Morgan fingerprint density at radius 1 is 1.18 bits per heavy atom. The molecule has 2 amide bonds. The molecule has 0 unspecified atom stereocenters. The summed E-state index contributed by atoms with van der Waals surface area (Å²) in [5, 5.41) is 27.1. The van der Waals surface area contributed by atoms with Crippen LogP contribution < -0.4 is 5.32 Å². The first-order valence-corrected chi connectivity index (χ1v) is 11.6. The van der Waals surface area contributed by atoms with E-state index < -0.39 is 29.1 Å². The highest BCUT2D eigenvalue weighted by Crippen LogP contribution is 2.38. The monoisotopic (exact) mass is 480 g/mol. The largest absolute Gasteiger partial charge is 0.508 e. The summed E-state index contributed by atoms with van der Waals surface area (Å²) in [4.78, 5) is 39.9. The van der Waals surface area contributed by atoms with Crippen LogP contribution in [-0.4, -0.2) is 55.2 Å². The lowest BCUT2D eigenvalue weighted by molar-refractivity contribution is -0.141. The maximum absolute atomic E-state index is 12.6. The Balaban J connectivity index is 1.56. The summed E-state index contributed by atoms with van der Waals surface area (Å²) in [6.07, 6.45) is 0.392. The molecule has 2 heterocycles. The molecule has 3 N–H and O–H groups in total. The Bertz CT molecular complexity index is 1180. The number of carboxylic acids is 1. The fourth-order valence-corrected chi connectivity index (χ4v) is 4.76. The van der Waals surface area contributed by atoms with E-state index in [4.69, 9.17) is 10.2 Å². The quantitative estimate of drug-likeness (QED) is 0.579. The number of amides is 2. The van der Waals surface area contributed by atoms with Gasteiger partial charge in [0.25, 0.3) is 5.91 Å². The number of thioether (sulfide) groups is 1. The molecule has 0 radical (unpaired) electrons. The van der Waals surface area contributed by atoms with E-state index in [1.54, 1.807) is 29.3 Å². The average molecular weight is 481 g/mol. The van der Waals surface area contributed by atoms with Gasteiger partial charge in [-0.15, -0.1) is 0 Å². The summed E-state index contributed by atoms with van der Waals surface area (Å²) in [6.45, 7) is 3.37. The third-order valence-corrected chi connectivity index (χ3v) is 6.76. The number of hydrogen-bond donors (Lipinski definition) is 3. The topological polar surface area (TPSA) is 132 Å². The summed E-state index contributed by atoms with van der Waals surface area (Å²) >= 11 is 1.14. The molecule has 0 saturated heterocycles. The number of carbonyl (C=O) groups is 3. The Morgan fingerprint density at radius 2 is 1.85 bits per heavy atom. The summed E-state index contributed by atoms with van der Waals surface area (Å²) < 4.78 is 0. The number of nitrogens with zero attached hydrogens (tertiary/aromatic N) is 3. The molecule has 0 aromatic heterocycles. The van der Waals surface area contributed by atoms with Gasteiger partial charge in [0, 0.05) is 12.8 Å². The number of carbonyl (C=O) groups excluding carboxylic acids is 2. The van der Waals surface area contributed by atoms with E-state index in [9.17, 15) is 19.5 Å². The van der Waals surface area contributed by atoms with Crippen molar-refractivity contribution in [1.29, 1.82) is 0 Å². The van der Waals surface area contributed by atoms with Crippen LogP contribution in [0.1, 0.15) is 42.5 Å². The molecule has 34 heavy (non-hydrogen) atoms. The van der Waals surface area contributed by atoms with Crippen LogP contribution in [0, 0.1) is 6.92 Å². The number of aliphatic carboxylic acids is 1. The lowest BCUT2D eigenvalue weighted by Gasteiger charge is -2.23. The van der Waals surface area contributed by atoms with Gasteiger partial charge in [0.2, 0.25) is 5.91 Å². The van der Waals surface area contributed by atoms with Crippen molar-refractivity contribution in [3.05, 3.63) is 65.2 Å². The molecule has 0 spiro atoms. The van der Waals surface area contributed by atoms with Gasteiger partial charge in [-0.05, 0) is 37.1 Å². The van der Waals surface area contributed by atoms with Gasteiger partial charge in [0.1, 0.15) is 17.0 Å². The molecular formula is C24H24N4O5S. The van der Waals surface area contributed by atoms with Crippen LogP contribution in [-0.2, 0) is 14.4 Å². The lowest BCUT2D eigenvalue weighted by Crippen LogP contribution is -2.39. The van der Waals surface area contributed by atoms with Crippen molar-refractivity contribution in [2.75, 3.05) is 0 Å². The minimum Gasteiger partial charge on any atom is -0.508 e. The Morgan fingerprint density at radius 3 is 2.50 bits per heavy atom. The van der Waals surface area contributed by atoms with Crippen LogP contribution in [0.15, 0.2) is 58.6 Å². The molecule has 2 aliphatic heterocycles. The van der Waals surface area contributed by atoms with E-state index in [0.29, 0.717) is 11.6 Å². The Kier molecular flexibility index (Phi) is 6.69. The smallest absolute Gasteiger partial charge is 0.325 e. The number of carboxylic acid groups (broad SMARTS) is 1. The molecule has 0 aliphatic carbocycles. The SMILES string of the molecule is Cc1ccc(C2=NN(C3=NC(=O)[C@H](CC(=O)N[C@H](C)C(=O)O)S3)[C@@H](c3ccc(O)cc3)C2)cc1. The summed E-state index contributed by atoms with van der Waals surface area (Å²) in [6, 6.07) is 13.5. The number of rotatable bonds is 6. The van der Waals surface area contributed by atoms with Crippen LogP contribution in [0.3, 0.4) is 0 Å². The van der Waals surface area contributed by atoms with Gasteiger partial charge in [0.05, 0.1) is 11.8 Å². The number of hydrogen-bond acceptors (Lipinski definition) is 7. The molecule has 10 heteroatoms. The fourth-order valence-electron chi connectivity index (χ4n) is 3.70. The first-order valence-electron chi connectivity index (χ1n) is 10.8. The zero-order chi connectivity index (χ0) is 24.4. The zero-order valence-corrected chi connectivity index (χ0v) is 19.5. The molecule has 176 valence electrons. The van der Waals surface area contributed by atoms with E-state index in [1.807, 2.05) is 31.2 Å². The highest BCUT2D eigenvalue weighted by molar-refractivity contribution is 8.15. The summed E-state index contributed by atoms with van der Waals surface area (Å²) in [7, 11) is 0. The number of aliphatic imine (C=N–C) groups is 1. The van der Waals surface area contributed by atoms with Crippen molar-refractivity contribution in [3.63, 3.8) is 0 Å². The number of aryl methyl sites for hydroxylation is 1. The maximum Gasteiger partial charge on any atom is 0.325 e. The van der Waals surface area contributed by atoms with Crippen LogP contribution in [0.25, 0.3) is 0 Å². The first kappa shape index (κ1) is 23.5. The van der Waals surface area contributed by atoms with Gasteiger partial charge >= 0.3 is 5.97 Å². The highest BCUT2D eigenvalue weighted by atomic mass is 32.2. The van der Waals surface area contributed by atoms with Gasteiger partial charge < -0.3 is 15.5 Å². The van der Waals surface area contributed by atoms with E-state index in [0.717, 1.165) is 34.2 Å². The van der Waals surface area contributed by atoms with E-state index in [1.165, 1.54) is 6.92 Å². The number of aromatic hydroxyl groups is 1. The summed E-state index contributed by atoms with van der Waals surface area (Å²) in [5.41, 5.74) is 3.83. The van der Waals surface area contributed by atoms with Crippen molar-refractivity contribution >= 4 is 40.4 Å². The Hall–Kier alpha value is -3.66. The lowest BCUT2D eigenvalue weighted by atomic mass is 9.98. The van der Waals surface area contributed by atoms with Crippen molar-refractivity contribution in [2.24, 2.45) is 10.1 Å². The minimum atomic E-state index is -1.15. The van der Waals surface area contributed by atoms with Crippen molar-refractivity contribution in [3.8, 4) is 5.75 Å². The van der Waals surface area contributed by atoms with Crippen molar-refractivity contribution in [2.45, 2.75) is 44.0 Å². The van der Waals surface area contributed by atoms with Crippen molar-refractivity contribution in [1.82, 2.24) is 10.3 Å². The van der Waals surface area contributed by atoms with E-state index in [-0.39, 0.29) is 18.2 Å². The highest BCUT2D eigenvalue weighted by Gasteiger charge is 2.39. The molecule has 2 aromatic rings. The van der Waals surface area contributed by atoms with Gasteiger partial charge in [-0.2, -0.15) is 10.1 Å². The molecule has 9 nitrogen and oxygen atoms in total. The van der Waals surface area contributed by atoms with Gasteiger partial charge in [-0.25, -0.2) is 5.01 Å². The zero-order valence-electron chi connectivity index (χ0n) is 18.6. The maximum atomic E-state index is 12.6. The number of nitrogens with one attached hydrogen (secondary N) is 1. The third kappa shape index (κ3) is 5.12. The molecular weight excluding hydrogens is 456 g/mol. The molecule has 0 saturated carbocycles. The normalized spacial score (nSPS) is 20.6. The fraction of sp³-hybridized carbons (Fsp3) is 0.292. The predicted octanol–water partition coefficient (Wildman–Crippen LogP) is 2.83. The van der Waals surface area contributed by atoms with E-state index in [2.05, 4.69) is 10.3 Å². The van der Waals surface area contributed by atoms with E-state index >= 15 is 0 Å². The van der Waals surface area contributed by atoms with Crippen LogP contribution in [0.4, 0.5) is 0 Å². The second-order valence-electron chi connectivity index (χ2n) is 8.24. The molecule has 3 atom stereocenters. The van der Waals surface area contributed by atoms with Crippen LogP contribution >= 0.6 is 11.8 Å². The third-order valence-electron chi connectivity index (χ3n) is 5.62. The molecule has 0 fully saturated rings.